The van der Waals surface area contributed by atoms with Gasteiger partial charge in [0.25, 0.3) is 0 Å². The van der Waals surface area contributed by atoms with Gasteiger partial charge < -0.3 is 9.64 Å². The highest BCUT2D eigenvalue weighted by Gasteiger charge is 2.14. The lowest BCUT2D eigenvalue weighted by molar-refractivity contribution is -0.138. The van der Waals surface area contributed by atoms with E-state index in [1.807, 2.05) is 20.8 Å². The highest BCUT2D eigenvalue weighted by molar-refractivity contribution is 5.77. The third kappa shape index (κ3) is 4.95. The van der Waals surface area contributed by atoms with Crippen molar-refractivity contribution in [3.63, 3.8) is 0 Å². The lowest BCUT2D eigenvalue weighted by atomic mass is 10.2. The van der Waals surface area contributed by atoms with Crippen molar-refractivity contribution in [1.29, 1.82) is 0 Å². The van der Waals surface area contributed by atoms with Crippen LogP contribution in [0.2, 0.25) is 0 Å². The van der Waals surface area contributed by atoms with Crippen LogP contribution < -0.4 is 0 Å². The predicted molar refractivity (Wildman–Crippen MR) is 68.5 cm³/mol. The first-order chi connectivity index (χ1) is 8.93. The summed E-state index contributed by atoms with van der Waals surface area (Å²) in [6.45, 7) is 6.24. The number of ether oxygens (including phenoxy) is 1. The number of benzene rings is 1. The molecule has 3 nitrogen and oxygen atoms in total. The zero-order chi connectivity index (χ0) is 14.4. The molecule has 1 rings (SSSR count). The summed E-state index contributed by atoms with van der Waals surface area (Å²) < 4.78 is 31.1. The van der Waals surface area contributed by atoms with Crippen molar-refractivity contribution in [2.45, 2.75) is 33.4 Å². The first-order valence-electron chi connectivity index (χ1n) is 6.27. The number of hydrogen-bond acceptors (Lipinski definition) is 2. The second kappa shape index (κ2) is 7.19. The summed E-state index contributed by atoms with van der Waals surface area (Å²) in [5, 5.41) is 0. The van der Waals surface area contributed by atoms with Crippen LogP contribution in [0, 0.1) is 11.6 Å². The molecular formula is C14H19F2NO2. The van der Waals surface area contributed by atoms with Gasteiger partial charge in [-0.3, -0.25) is 4.79 Å². The summed E-state index contributed by atoms with van der Waals surface area (Å²) in [7, 11) is 0. The van der Waals surface area contributed by atoms with E-state index in [0.717, 1.165) is 12.1 Å². The third-order valence-corrected chi connectivity index (χ3v) is 2.63. The smallest absolute Gasteiger partial charge is 0.248 e. The molecule has 0 bridgehead atoms. The Kier molecular flexibility index (Phi) is 5.89. The predicted octanol–water partition coefficient (Wildman–Crippen LogP) is 2.74. The Hall–Kier alpha value is -1.49. The number of carbonyl (C=O) groups excluding carboxylic acids is 1. The minimum absolute atomic E-state index is 0.00478. The second-order valence-corrected chi connectivity index (χ2v) is 4.52. The number of nitrogens with zero attached hydrogens (tertiary/aromatic N) is 1. The number of likely N-dealkylation sites (N-methyl/N-ethyl adjacent to an activating group) is 1. The van der Waals surface area contributed by atoms with E-state index in [9.17, 15) is 13.6 Å². The lowest BCUT2D eigenvalue weighted by Gasteiger charge is -2.21. The van der Waals surface area contributed by atoms with E-state index in [1.54, 1.807) is 0 Å². The van der Waals surface area contributed by atoms with Crippen molar-refractivity contribution in [3.8, 4) is 0 Å². The fourth-order valence-corrected chi connectivity index (χ4v) is 1.56. The van der Waals surface area contributed by atoms with Gasteiger partial charge in [0.1, 0.15) is 6.61 Å². The van der Waals surface area contributed by atoms with E-state index in [-0.39, 0.29) is 25.2 Å². The van der Waals surface area contributed by atoms with Gasteiger partial charge in [0, 0.05) is 13.1 Å². The van der Waals surface area contributed by atoms with Crippen molar-refractivity contribution in [3.05, 3.63) is 35.4 Å². The van der Waals surface area contributed by atoms with Crippen LogP contribution in [-0.4, -0.2) is 30.1 Å². The van der Waals surface area contributed by atoms with Gasteiger partial charge >= 0.3 is 0 Å². The summed E-state index contributed by atoms with van der Waals surface area (Å²) in [5.74, 6) is -1.96. The van der Waals surface area contributed by atoms with Crippen LogP contribution >= 0.6 is 0 Å². The maximum absolute atomic E-state index is 13.1. The number of amides is 1. The maximum Gasteiger partial charge on any atom is 0.248 e. The molecule has 0 N–H and O–H groups in total. The van der Waals surface area contributed by atoms with Crippen molar-refractivity contribution in [2.24, 2.45) is 0 Å². The maximum atomic E-state index is 13.1. The van der Waals surface area contributed by atoms with Gasteiger partial charge in [-0.2, -0.15) is 0 Å². The molecule has 0 heterocycles. The zero-order valence-corrected chi connectivity index (χ0v) is 11.5. The highest BCUT2D eigenvalue weighted by Crippen LogP contribution is 2.11. The molecular weight excluding hydrogens is 252 g/mol. The average molecular weight is 271 g/mol. The molecule has 0 radical (unpaired) electrons. The van der Waals surface area contributed by atoms with Crippen LogP contribution in [0.25, 0.3) is 0 Å². The van der Waals surface area contributed by atoms with E-state index >= 15 is 0 Å². The largest absolute Gasteiger partial charge is 0.369 e. The van der Waals surface area contributed by atoms with Crippen molar-refractivity contribution in [2.75, 3.05) is 13.2 Å². The number of halogens is 2. The molecule has 0 saturated heterocycles. The SMILES string of the molecule is CCN(Cc1ccc(F)c(F)c1)C(=O)COC(C)C. The van der Waals surface area contributed by atoms with Gasteiger partial charge in [0.2, 0.25) is 5.91 Å². The molecule has 1 aromatic rings. The van der Waals surface area contributed by atoms with E-state index < -0.39 is 11.6 Å². The first kappa shape index (κ1) is 15.6. The van der Waals surface area contributed by atoms with E-state index in [4.69, 9.17) is 4.74 Å². The summed E-state index contributed by atoms with van der Waals surface area (Å²) in [6, 6.07) is 3.64. The minimum atomic E-state index is -0.903. The van der Waals surface area contributed by atoms with Crippen LogP contribution in [0.5, 0.6) is 0 Å². The van der Waals surface area contributed by atoms with Crippen LogP contribution in [0.4, 0.5) is 8.78 Å². The van der Waals surface area contributed by atoms with E-state index in [2.05, 4.69) is 0 Å². The summed E-state index contributed by atoms with van der Waals surface area (Å²) in [4.78, 5) is 13.4. The topological polar surface area (TPSA) is 29.5 Å². The van der Waals surface area contributed by atoms with Crippen molar-refractivity contribution in [1.82, 2.24) is 4.90 Å². The molecule has 5 heteroatoms. The quantitative estimate of drug-likeness (QED) is 0.796. The van der Waals surface area contributed by atoms with Gasteiger partial charge in [0.15, 0.2) is 11.6 Å². The number of hydrogen-bond donors (Lipinski definition) is 0. The molecule has 0 atom stereocenters. The van der Waals surface area contributed by atoms with Gasteiger partial charge in [-0.15, -0.1) is 0 Å². The molecule has 1 amide bonds. The van der Waals surface area contributed by atoms with E-state index in [1.165, 1.54) is 11.0 Å². The molecule has 0 spiro atoms. The molecule has 0 saturated carbocycles. The molecule has 0 aromatic heterocycles. The van der Waals surface area contributed by atoms with Crippen LogP contribution in [0.3, 0.4) is 0 Å². The standard InChI is InChI=1S/C14H19F2NO2/c1-4-17(14(18)9-19-10(2)3)8-11-5-6-12(15)13(16)7-11/h5-7,10H,4,8-9H2,1-3H3. The van der Waals surface area contributed by atoms with Crippen molar-refractivity contribution >= 4 is 5.91 Å². The number of rotatable bonds is 6. The van der Waals surface area contributed by atoms with Crippen molar-refractivity contribution < 1.29 is 18.3 Å². The Labute approximate surface area is 112 Å². The van der Waals surface area contributed by atoms with Crippen LogP contribution in [0.1, 0.15) is 26.3 Å². The summed E-state index contributed by atoms with van der Waals surface area (Å²) in [5.41, 5.74) is 0.554. The Morgan fingerprint density at radius 2 is 2.00 bits per heavy atom. The van der Waals surface area contributed by atoms with Gasteiger partial charge in [-0.1, -0.05) is 6.07 Å². The Morgan fingerprint density at radius 3 is 2.53 bits per heavy atom. The third-order valence-electron chi connectivity index (χ3n) is 2.63. The molecule has 0 aliphatic carbocycles. The summed E-state index contributed by atoms with van der Waals surface area (Å²) >= 11 is 0. The minimum Gasteiger partial charge on any atom is -0.369 e. The Morgan fingerprint density at radius 1 is 1.32 bits per heavy atom. The Balaban J connectivity index is 2.65. The number of carbonyl (C=O) groups is 1. The van der Waals surface area contributed by atoms with E-state index in [0.29, 0.717) is 12.1 Å². The molecule has 0 fully saturated rings. The Bertz CT molecular complexity index is 435. The van der Waals surface area contributed by atoms with Gasteiger partial charge in [-0.25, -0.2) is 8.78 Å². The zero-order valence-electron chi connectivity index (χ0n) is 11.5. The fraction of sp³-hybridized carbons (Fsp3) is 0.500. The van der Waals surface area contributed by atoms with Gasteiger partial charge in [0.05, 0.1) is 6.10 Å². The molecule has 19 heavy (non-hydrogen) atoms. The van der Waals surface area contributed by atoms with Crippen LogP contribution in [-0.2, 0) is 16.1 Å². The molecule has 1 aromatic carbocycles. The van der Waals surface area contributed by atoms with Gasteiger partial charge in [-0.05, 0) is 38.5 Å². The molecule has 0 aliphatic rings. The lowest BCUT2D eigenvalue weighted by Crippen LogP contribution is -2.34. The fourth-order valence-electron chi connectivity index (χ4n) is 1.56. The first-order valence-corrected chi connectivity index (χ1v) is 6.27. The second-order valence-electron chi connectivity index (χ2n) is 4.52. The normalized spacial score (nSPS) is 10.8. The summed E-state index contributed by atoms with van der Waals surface area (Å²) in [6.07, 6.45) is -0.0223. The average Bonchev–Trinajstić information content (AvgIpc) is 2.37. The molecule has 0 unspecified atom stereocenters. The molecule has 0 aliphatic heterocycles. The monoisotopic (exact) mass is 271 g/mol. The molecule has 106 valence electrons. The van der Waals surface area contributed by atoms with Crippen LogP contribution in [0.15, 0.2) is 18.2 Å². The highest BCUT2D eigenvalue weighted by atomic mass is 19.2.